The molecule has 0 aromatic heterocycles. The number of rotatable bonds is 4. The van der Waals surface area contributed by atoms with Crippen LogP contribution in [0.25, 0.3) is 0 Å². The smallest absolute Gasteiger partial charge is 0.343 e. The average Bonchev–Trinajstić information content (AvgIpc) is 2.61. The van der Waals surface area contributed by atoms with Crippen LogP contribution in [0, 0.1) is 5.82 Å². The van der Waals surface area contributed by atoms with Gasteiger partial charge < -0.3 is 10.1 Å². The first-order valence-corrected chi connectivity index (χ1v) is 8.88. The number of fused-ring (bicyclic) bond motifs is 1. The molecule has 0 aliphatic heterocycles. The van der Waals surface area contributed by atoms with Crippen molar-refractivity contribution in [2.24, 2.45) is 0 Å². The third kappa shape index (κ3) is 3.88. The third-order valence-electron chi connectivity index (χ3n) is 4.51. The van der Waals surface area contributed by atoms with E-state index in [0.29, 0.717) is 0 Å². The molecular formula is C20H19ClFNO3. The van der Waals surface area contributed by atoms with Crippen LogP contribution < -0.4 is 5.32 Å². The summed E-state index contributed by atoms with van der Waals surface area (Å²) in [5.41, 5.74) is 1.94. The molecule has 0 spiro atoms. The highest BCUT2D eigenvalue weighted by atomic mass is 35.5. The monoisotopic (exact) mass is 375 g/mol. The lowest BCUT2D eigenvalue weighted by molar-refractivity contribution is -0.130. The number of amides is 1. The molecule has 3 rings (SSSR count). The fourth-order valence-electron chi connectivity index (χ4n) is 3.16. The largest absolute Gasteiger partial charge is 0.449 e. The molecule has 4 nitrogen and oxygen atoms in total. The molecule has 1 aliphatic carbocycles. The van der Waals surface area contributed by atoms with Gasteiger partial charge in [-0.15, -0.1) is 0 Å². The zero-order valence-corrected chi connectivity index (χ0v) is 15.1. The molecule has 1 aliphatic rings. The van der Waals surface area contributed by atoms with Gasteiger partial charge in [0.2, 0.25) is 0 Å². The van der Waals surface area contributed by atoms with Crippen LogP contribution in [0.3, 0.4) is 0 Å². The van der Waals surface area contributed by atoms with Crippen LogP contribution in [0.1, 0.15) is 47.3 Å². The molecular weight excluding hydrogens is 357 g/mol. The van der Waals surface area contributed by atoms with E-state index < -0.39 is 23.8 Å². The molecule has 1 amide bonds. The van der Waals surface area contributed by atoms with Crippen molar-refractivity contribution in [2.45, 2.75) is 38.3 Å². The topological polar surface area (TPSA) is 55.4 Å². The van der Waals surface area contributed by atoms with Gasteiger partial charge in [0, 0.05) is 0 Å². The highest BCUT2D eigenvalue weighted by Gasteiger charge is 2.27. The number of carbonyl (C=O) groups is 2. The molecule has 0 radical (unpaired) electrons. The SMILES string of the molecule is C[C@@H](OC(=O)c1c(F)cccc1Cl)C(=O)N[C@@H]1CCCc2ccccc21. The lowest BCUT2D eigenvalue weighted by atomic mass is 9.87. The quantitative estimate of drug-likeness (QED) is 0.814. The van der Waals surface area contributed by atoms with Gasteiger partial charge in [0.1, 0.15) is 11.4 Å². The van der Waals surface area contributed by atoms with Gasteiger partial charge >= 0.3 is 5.97 Å². The molecule has 1 N–H and O–H groups in total. The van der Waals surface area contributed by atoms with Gasteiger partial charge in [0.05, 0.1) is 11.1 Å². The number of hydrogen-bond acceptors (Lipinski definition) is 3. The molecule has 0 heterocycles. The maximum absolute atomic E-state index is 13.8. The van der Waals surface area contributed by atoms with E-state index in [1.165, 1.54) is 24.6 Å². The molecule has 2 atom stereocenters. The first-order valence-electron chi connectivity index (χ1n) is 8.50. The summed E-state index contributed by atoms with van der Waals surface area (Å²) in [5, 5.41) is 2.87. The van der Waals surface area contributed by atoms with Gasteiger partial charge in [-0.1, -0.05) is 41.9 Å². The zero-order chi connectivity index (χ0) is 18.7. The van der Waals surface area contributed by atoms with Crippen LogP contribution in [-0.2, 0) is 16.0 Å². The Morgan fingerprint density at radius 3 is 2.77 bits per heavy atom. The molecule has 0 fully saturated rings. The molecule has 2 aromatic rings. The minimum Gasteiger partial charge on any atom is -0.449 e. The van der Waals surface area contributed by atoms with E-state index in [1.54, 1.807) is 0 Å². The van der Waals surface area contributed by atoms with Crippen molar-refractivity contribution in [3.05, 3.63) is 70.0 Å². The number of benzene rings is 2. The maximum Gasteiger partial charge on any atom is 0.343 e. The Morgan fingerprint density at radius 2 is 2.00 bits per heavy atom. The summed E-state index contributed by atoms with van der Waals surface area (Å²) in [5.74, 6) is -2.16. The predicted molar refractivity (Wildman–Crippen MR) is 96.6 cm³/mol. The standard InChI is InChI=1S/C20H19ClFNO3/c1-12(26-20(25)18-15(21)9-5-10-16(18)22)19(24)23-17-11-4-7-13-6-2-3-8-14(13)17/h2-3,5-6,8-10,12,17H,4,7,11H2,1H3,(H,23,24)/t12-,17-/m1/s1. The molecule has 136 valence electrons. The lowest BCUT2D eigenvalue weighted by Crippen LogP contribution is -2.39. The van der Waals surface area contributed by atoms with Crippen molar-refractivity contribution in [3.63, 3.8) is 0 Å². The fourth-order valence-corrected chi connectivity index (χ4v) is 3.40. The Labute approximate surface area is 156 Å². The van der Waals surface area contributed by atoms with E-state index in [1.807, 2.05) is 18.2 Å². The van der Waals surface area contributed by atoms with Gasteiger partial charge in [-0.25, -0.2) is 9.18 Å². The van der Waals surface area contributed by atoms with E-state index in [4.69, 9.17) is 16.3 Å². The van der Waals surface area contributed by atoms with Gasteiger partial charge in [0.15, 0.2) is 6.10 Å². The Balaban J connectivity index is 1.67. The summed E-state index contributed by atoms with van der Waals surface area (Å²) in [6.07, 6.45) is 1.72. The number of nitrogens with one attached hydrogen (secondary N) is 1. The Kier molecular flexibility index (Phi) is 5.57. The summed E-state index contributed by atoms with van der Waals surface area (Å²) in [6, 6.07) is 11.7. The average molecular weight is 376 g/mol. The molecule has 0 saturated carbocycles. The van der Waals surface area contributed by atoms with E-state index in [-0.39, 0.29) is 16.6 Å². The molecule has 6 heteroatoms. The highest BCUT2D eigenvalue weighted by Crippen LogP contribution is 2.29. The van der Waals surface area contributed by atoms with Gasteiger partial charge in [0.25, 0.3) is 5.91 Å². The Bertz CT molecular complexity index is 819. The molecule has 0 bridgehead atoms. The summed E-state index contributed by atoms with van der Waals surface area (Å²) in [7, 11) is 0. The molecule has 0 saturated heterocycles. The lowest BCUT2D eigenvalue weighted by Gasteiger charge is -2.27. The minimum atomic E-state index is -1.06. The second-order valence-electron chi connectivity index (χ2n) is 6.30. The van der Waals surface area contributed by atoms with Gasteiger partial charge in [-0.05, 0) is 49.4 Å². The van der Waals surface area contributed by atoms with Crippen molar-refractivity contribution in [2.75, 3.05) is 0 Å². The van der Waals surface area contributed by atoms with Crippen molar-refractivity contribution in [1.82, 2.24) is 5.32 Å². The Morgan fingerprint density at radius 1 is 1.23 bits per heavy atom. The number of ether oxygens (including phenoxy) is 1. The van der Waals surface area contributed by atoms with E-state index in [0.717, 1.165) is 30.9 Å². The highest BCUT2D eigenvalue weighted by molar-refractivity contribution is 6.33. The second kappa shape index (κ2) is 7.87. The zero-order valence-electron chi connectivity index (χ0n) is 14.3. The van der Waals surface area contributed by atoms with Crippen molar-refractivity contribution in [1.29, 1.82) is 0 Å². The summed E-state index contributed by atoms with van der Waals surface area (Å²) in [4.78, 5) is 24.6. The van der Waals surface area contributed by atoms with Crippen LogP contribution in [0.2, 0.25) is 5.02 Å². The van der Waals surface area contributed by atoms with Crippen molar-refractivity contribution < 1.29 is 18.7 Å². The molecule has 26 heavy (non-hydrogen) atoms. The Hall–Kier alpha value is -2.40. The van der Waals surface area contributed by atoms with Crippen LogP contribution in [-0.4, -0.2) is 18.0 Å². The number of halogens is 2. The van der Waals surface area contributed by atoms with E-state index in [9.17, 15) is 14.0 Å². The predicted octanol–water partition coefficient (Wildman–Crippen LogP) is 4.22. The minimum absolute atomic E-state index is 0.0520. The van der Waals surface area contributed by atoms with E-state index >= 15 is 0 Å². The molecule has 0 unspecified atom stereocenters. The van der Waals surface area contributed by atoms with Crippen molar-refractivity contribution in [3.8, 4) is 0 Å². The number of aryl methyl sites for hydroxylation is 1. The number of carbonyl (C=O) groups excluding carboxylic acids is 2. The number of hydrogen-bond donors (Lipinski definition) is 1. The summed E-state index contributed by atoms with van der Waals surface area (Å²) < 4.78 is 18.9. The first kappa shape index (κ1) is 18.4. The van der Waals surface area contributed by atoms with Crippen LogP contribution in [0.5, 0.6) is 0 Å². The van der Waals surface area contributed by atoms with Gasteiger partial charge in [-0.3, -0.25) is 4.79 Å². The second-order valence-corrected chi connectivity index (χ2v) is 6.70. The fraction of sp³-hybridized carbons (Fsp3) is 0.300. The normalized spacial score (nSPS) is 17.1. The van der Waals surface area contributed by atoms with E-state index in [2.05, 4.69) is 11.4 Å². The molecule has 2 aromatic carbocycles. The van der Waals surface area contributed by atoms with Gasteiger partial charge in [-0.2, -0.15) is 0 Å². The third-order valence-corrected chi connectivity index (χ3v) is 4.82. The number of esters is 1. The first-order chi connectivity index (χ1) is 12.5. The van der Waals surface area contributed by atoms with Crippen LogP contribution in [0.15, 0.2) is 42.5 Å². The van der Waals surface area contributed by atoms with Crippen LogP contribution in [0.4, 0.5) is 4.39 Å². The maximum atomic E-state index is 13.8. The van der Waals surface area contributed by atoms with Crippen molar-refractivity contribution >= 4 is 23.5 Å². The van der Waals surface area contributed by atoms with Crippen LogP contribution >= 0.6 is 11.6 Å². The summed E-state index contributed by atoms with van der Waals surface area (Å²) in [6.45, 7) is 1.46. The summed E-state index contributed by atoms with van der Waals surface area (Å²) >= 11 is 5.86.